The van der Waals surface area contributed by atoms with E-state index >= 15 is 0 Å². The van der Waals surface area contributed by atoms with Crippen molar-refractivity contribution in [3.63, 3.8) is 0 Å². The molecule has 182 valence electrons. The number of carbonyl (C=O) groups excluding carboxylic acids is 1. The van der Waals surface area contributed by atoms with Gasteiger partial charge in [0.25, 0.3) is 5.91 Å². The third-order valence-corrected chi connectivity index (χ3v) is 9.43. The third-order valence-electron chi connectivity index (χ3n) is 7.39. The molecule has 2 aromatic carbocycles. The standard InChI is InChI=1S/C26H32ClN3O3S/c1-16-6-7-17(12-23(16)30-10-4-5-11-30)22-15-26(2,3)21-14-18(27)13-20(24(21)28-22)25(31)29-34(32,33)19-8-9-19/h6-7,12-14,19,22,28H,4-5,8-11,15H2,1-3H3,(H,29,31). The van der Waals surface area contributed by atoms with Crippen LogP contribution in [0, 0.1) is 6.92 Å². The van der Waals surface area contributed by atoms with Gasteiger partial charge in [-0.3, -0.25) is 4.79 Å². The molecule has 0 spiro atoms. The smallest absolute Gasteiger partial charge is 0.266 e. The second-order valence-electron chi connectivity index (χ2n) is 10.6. The third kappa shape index (κ3) is 4.40. The number of carbonyl (C=O) groups is 1. The molecule has 1 atom stereocenters. The zero-order valence-corrected chi connectivity index (χ0v) is 21.5. The predicted molar refractivity (Wildman–Crippen MR) is 137 cm³/mol. The summed E-state index contributed by atoms with van der Waals surface area (Å²) in [5, 5.41) is 3.53. The van der Waals surface area contributed by atoms with Gasteiger partial charge in [0.2, 0.25) is 10.0 Å². The van der Waals surface area contributed by atoms with Crippen LogP contribution in [0.3, 0.4) is 0 Å². The van der Waals surface area contributed by atoms with Gasteiger partial charge in [-0.15, -0.1) is 0 Å². The molecule has 5 rings (SSSR count). The molecule has 3 aliphatic rings. The Balaban J connectivity index is 1.52. The Morgan fingerprint density at radius 1 is 1.15 bits per heavy atom. The van der Waals surface area contributed by atoms with E-state index in [1.165, 1.54) is 24.1 Å². The molecule has 1 amide bonds. The van der Waals surface area contributed by atoms with E-state index in [1.54, 1.807) is 6.07 Å². The summed E-state index contributed by atoms with van der Waals surface area (Å²) < 4.78 is 27.2. The van der Waals surface area contributed by atoms with Crippen molar-refractivity contribution in [3.8, 4) is 0 Å². The normalized spacial score (nSPS) is 21.6. The van der Waals surface area contributed by atoms with Gasteiger partial charge in [0, 0.05) is 23.8 Å². The topological polar surface area (TPSA) is 78.5 Å². The summed E-state index contributed by atoms with van der Waals surface area (Å²) in [6, 6.07) is 10.0. The fourth-order valence-corrected chi connectivity index (χ4v) is 6.82. The van der Waals surface area contributed by atoms with E-state index in [9.17, 15) is 13.2 Å². The highest BCUT2D eigenvalue weighted by Crippen LogP contribution is 2.47. The lowest BCUT2D eigenvalue weighted by atomic mass is 9.73. The summed E-state index contributed by atoms with van der Waals surface area (Å²) in [6.45, 7) is 8.60. The van der Waals surface area contributed by atoms with E-state index < -0.39 is 21.2 Å². The number of anilines is 2. The van der Waals surface area contributed by atoms with Crippen molar-refractivity contribution in [2.45, 2.75) is 69.6 Å². The average Bonchev–Trinajstić information content (AvgIpc) is 3.50. The minimum atomic E-state index is -3.66. The fraction of sp³-hybridized carbons (Fsp3) is 0.500. The summed E-state index contributed by atoms with van der Waals surface area (Å²) in [5.41, 5.74) is 5.30. The molecule has 8 heteroatoms. The second kappa shape index (κ2) is 8.45. The van der Waals surface area contributed by atoms with E-state index in [-0.39, 0.29) is 17.0 Å². The average molecular weight is 502 g/mol. The maximum absolute atomic E-state index is 13.1. The maximum Gasteiger partial charge on any atom is 0.266 e. The molecule has 2 heterocycles. The van der Waals surface area contributed by atoms with Crippen LogP contribution >= 0.6 is 11.6 Å². The van der Waals surface area contributed by atoms with Crippen molar-refractivity contribution in [1.29, 1.82) is 0 Å². The molecule has 0 bridgehead atoms. The van der Waals surface area contributed by atoms with Crippen LogP contribution in [0.15, 0.2) is 30.3 Å². The first-order chi connectivity index (χ1) is 16.0. The number of benzene rings is 2. The van der Waals surface area contributed by atoms with Crippen LogP contribution in [0.1, 0.15) is 79.0 Å². The molecule has 2 N–H and O–H groups in total. The second-order valence-corrected chi connectivity index (χ2v) is 13.0. The van der Waals surface area contributed by atoms with Gasteiger partial charge in [-0.25, -0.2) is 13.1 Å². The number of nitrogens with one attached hydrogen (secondary N) is 2. The Bertz CT molecular complexity index is 1250. The molecular formula is C26H32ClN3O3S. The van der Waals surface area contributed by atoms with Crippen molar-refractivity contribution in [3.05, 3.63) is 57.6 Å². The van der Waals surface area contributed by atoms with Crippen molar-refractivity contribution in [1.82, 2.24) is 4.72 Å². The molecule has 2 fully saturated rings. The Kier molecular flexibility index (Phi) is 5.84. The zero-order chi connectivity index (χ0) is 24.3. The minimum absolute atomic E-state index is 0.0165. The van der Waals surface area contributed by atoms with Gasteiger partial charge >= 0.3 is 0 Å². The molecule has 1 saturated heterocycles. The molecule has 0 aromatic heterocycles. The van der Waals surface area contributed by atoms with Crippen molar-refractivity contribution >= 4 is 38.9 Å². The Hall–Kier alpha value is -2.25. The number of fused-ring (bicyclic) bond motifs is 1. The molecule has 6 nitrogen and oxygen atoms in total. The van der Waals surface area contributed by atoms with Gasteiger partial charge in [-0.1, -0.05) is 37.6 Å². The van der Waals surface area contributed by atoms with Crippen LogP contribution in [-0.4, -0.2) is 32.7 Å². The van der Waals surface area contributed by atoms with Crippen LogP contribution < -0.4 is 14.9 Å². The molecule has 2 aromatic rings. The number of hydrogen-bond donors (Lipinski definition) is 2. The summed E-state index contributed by atoms with van der Waals surface area (Å²) >= 11 is 6.40. The molecular weight excluding hydrogens is 470 g/mol. The van der Waals surface area contributed by atoms with Gasteiger partial charge in [-0.05, 0) is 79.3 Å². The van der Waals surface area contributed by atoms with E-state index in [1.807, 2.05) is 6.07 Å². The number of rotatable bonds is 5. The molecule has 0 radical (unpaired) electrons. The summed E-state index contributed by atoms with van der Waals surface area (Å²) in [6.07, 6.45) is 4.45. The van der Waals surface area contributed by atoms with Crippen LogP contribution in [-0.2, 0) is 15.4 Å². The highest BCUT2D eigenvalue weighted by atomic mass is 35.5. The summed E-state index contributed by atoms with van der Waals surface area (Å²) in [7, 11) is -3.66. The molecule has 34 heavy (non-hydrogen) atoms. The van der Waals surface area contributed by atoms with Crippen molar-refractivity contribution < 1.29 is 13.2 Å². The lowest BCUT2D eigenvalue weighted by Crippen LogP contribution is -2.36. The number of amides is 1. The Morgan fingerprint density at radius 2 is 1.85 bits per heavy atom. The number of aryl methyl sites for hydroxylation is 1. The molecule has 1 saturated carbocycles. The SMILES string of the molecule is Cc1ccc(C2CC(C)(C)c3cc(Cl)cc(C(=O)NS(=O)(=O)C4CC4)c3N2)cc1N1CCCC1. The van der Waals surface area contributed by atoms with Crippen LogP contribution in [0.2, 0.25) is 5.02 Å². The van der Waals surface area contributed by atoms with Gasteiger partial charge in [0.1, 0.15) is 0 Å². The number of halogens is 1. The van der Waals surface area contributed by atoms with E-state index in [0.717, 1.165) is 30.6 Å². The van der Waals surface area contributed by atoms with E-state index in [0.29, 0.717) is 23.6 Å². The first-order valence-electron chi connectivity index (χ1n) is 12.1. The monoisotopic (exact) mass is 501 g/mol. The van der Waals surface area contributed by atoms with Crippen molar-refractivity contribution in [2.75, 3.05) is 23.3 Å². The van der Waals surface area contributed by atoms with E-state index in [4.69, 9.17) is 11.6 Å². The van der Waals surface area contributed by atoms with Gasteiger partial charge in [0.15, 0.2) is 0 Å². The van der Waals surface area contributed by atoms with Crippen LogP contribution in [0.25, 0.3) is 0 Å². The molecule has 2 aliphatic heterocycles. The largest absolute Gasteiger partial charge is 0.377 e. The first-order valence-corrected chi connectivity index (χ1v) is 14.0. The zero-order valence-electron chi connectivity index (χ0n) is 19.9. The maximum atomic E-state index is 13.1. The van der Waals surface area contributed by atoms with Gasteiger partial charge in [-0.2, -0.15) is 0 Å². The van der Waals surface area contributed by atoms with E-state index in [2.05, 4.69) is 53.9 Å². The number of hydrogen-bond acceptors (Lipinski definition) is 5. The lowest BCUT2D eigenvalue weighted by molar-refractivity contribution is 0.0981. The number of sulfonamides is 1. The molecule has 1 aliphatic carbocycles. The number of nitrogens with zero attached hydrogens (tertiary/aromatic N) is 1. The lowest BCUT2D eigenvalue weighted by Gasteiger charge is -2.40. The Labute approximate surface area is 207 Å². The quantitative estimate of drug-likeness (QED) is 0.580. The minimum Gasteiger partial charge on any atom is -0.377 e. The van der Waals surface area contributed by atoms with Crippen molar-refractivity contribution in [2.24, 2.45) is 0 Å². The highest BCUT2D eigenvalue weighted by molar-refractivity contribution is 7.91. The first kappa shape index (κ1) is 23.5. The van der Waals surface area contributed by atoms with Crippen LogP contribution in [0.5, 0.6) is 0 Å². The summed E-state index contributed by atoms with van der Waals surface area (Å²) in [4.78, 5) is 15.6. The molecule has 1 unspecified atom stereocenters. The van der Waals surface area contributed by atoms with Crippen LogP contribution in [0.4, 0.5) is 11.4 Å². The Morgan fingerprint density at radius 3 is 2.53 bits per heavy atom. The summed E-state index contributed by atoms with van der Waals surface area (Å²) in [5.74, 6) is -0.628. The fourth-order valence-electron chi connectivity index (χ4n) is 5.31. The van der Waals surface area contributed by atoms with Gasteiger partial charge in [0.05, 0.1) is 22.5 Å². The predicted octanol–water partition coefficient (Wildman–Crippen LogP) is 5.31. The highest BCUT2D eigenvalue weighted by Gasteiger charge is 2.39. The van der Waals surface area contributed by atoms with Gasteiger partial charge < -0.3 is 10.2 Å².